The molecule has 0 atom stereocenters. The number of carbonyl (C=O) groups is 2. The van der Waals surface area contributed by atoms with Crippen LogP contribution in [-0.2, 0) is 4.79 Å². The number of hydrogen-bond donors (Lipinski definition) is 1. The summed E-state index contributed by atoms with van der Waals surface area (Å²) in [6, 6.07) is 9.55. The number of amides is 2. The van der Waals surface area contributed by atoms with Gasteiger partial charge in [0.25, 0.3) is 5.91 Å². The summed E-state index contributed by atoms with van der Waals surface area (Å²) in [5.41, 5.74) is 2.26. The second-order valence-corrected chi connectivity index (χ2v) is 7.43. The van der Waals surface area contributed by atoms with Crippen LogP contribution in [0.15, 0.2) is 36.5 Å². The molecular weight excluding hydrogens is 368 g/mol. The predicted molar refractivity (Wildman–Crippen MR) is 112 cm³/mol. The van der Waals surface area contributed by atoms with Crippen molar-refractivity contribution in [2.45, 2.75) is 19.8 Å². The Hall–Kier alpha value is -3.16. The van der Waals surface area contributed by atoms with Crippen LogP contribution in [0.1, 0.15) is 30.3 Å². The third-order valence-corrected chi connectivity index (χ3v) is 5.48. The first kappa shape index (κ1) is 19.2. The molecule has 29 heavy (non-hydrogen) atoms. The van der Waals surface area contributed by atoms with Gasteiger partial charge in [-0.1, -0.05) is 0 Å². The highest BCUT2D eigenvalue weighted by molar-refractivity contribution is 6.03. The van der Waals surface area contributed by atoms with E-state index in [9.17, 15) is 9.59 Å². The van der Waals surface area contributed by atoms with Crippen molar-refractivity contribution >= 4 is 29.1 Å². The van der Waals surface area contributed by atoms with Gasteiger partial charge in [-0.25, -0.2) is 9.97 Å². The zero-order valence-electron chi connectivity index (χ0n) is 16.7. The summed E-state index contributed by atoms with van der Waals surface area (Å²) in [5.74, 6) is 0.338. The van der Waals surface area contributed by atoms with Crippen molar-refractivity contribution in [2.75, 3.05) is 54.4 Å². The maximum absolute atomic E-state index is 12.6. The summed E-state index contributed by atoms with van der Waals surface area (Å²) < 4.78 is 0. The average Bonchev–Trinajstić information content (AvgIpc) is 3.29. The molecule has 152 valence electrons. The minimum atomic E-state index is -0.259. The van der Waals surface area contributed by atoms with E-state index in [1.165, 1.54) is 18.5 Å². The number of nitrogens with zero attached hydrogens (tertiary/aromatic N) is 5. The molecule has 1 aromatic heterocycles. The molecule has 8 heteroatoms. The standard InChI is InChI=1S/C21H26N6O2/c1-16(28)25-12-14-27(15-13-25)21-22-9-8-19(24-21)20(29)23-17-4-6-18(7-5-17)26-10-2-3-11-26/h4-9H,2-3,10-15H2,1H3,(H,23,29). The first-order valence-electron chi connectivity index (χ1n) is 10.1. The number of carbonyl (C=O) groups excluding carboxylic acids is 2. The Morgan fingerprint density at radius 2 is 1.59 bits per heavy atom. The van der Waals surface area contributed by atoms with Gasteiger partial charge in [0.05, 0.1) is 0 Å². The number of hydrogen-bond acceptors (Lipinski definition) is 6. The van der Waals surface area contributed by atoms with E-state index in [1.807, 2.05) is 29.2 Å². The summed E-state index contributed by atoms with van der Waals surface area (Å²) in [7, 11) is 0. The van der Waals surface area contributed by atoms with E-state index in [2.05, 4.69) is 20.2 Å². The predicted octanol–water partition coefficient (Wildman–Crippen LogP) is 2.00. The van der Waals surface area contributed by atoms with Gasteiger partial charge in [-0.05, 0) is 43.2 Å². The molecule has 2 fully saturated rings. The van der Waals surface area contributed by atoms with Crippen LogP contribution in [0.2, 0.25) is 0 Å². The molecule has 0 bridgehead atoms. The summed E-state index contributed by atoms with van der Waals surface area (Å²) in [6.07, 6.45) is 4.07. The van der Waals surface area contributed by atoms with E-state index in [0.717, 1.165) is 18.8 Å². The van der Waals surface area contributed by atoms with Crippen LogP contribution < -0.4 is 15.1 Å². The fraction of sp³-hybridized carbons (Fsp3) is 0.429. The van der Waals surface area contributed by atoms with Gasteiger partial charge < -0.3 is 20.0 Å². The van der Waals surface area contributed by atoms with Crippen LogP contribution in [-0.4, -0.2) is 66.0 Å². The Balaban J connectivity index is 1.39. The van der Waals surface area contributed by atoms with Crippen LogP contribution in [0, 0.1) is 0 Å². The molecule has 4 rings (SSSR count). The van der Waals surface area contributed by atoms with Crippen molar-refractivity contribution in [3.63, 3.8) is 0 Å². The highest BCUT2D eigenvalue weighted by Crippen LogP contribution is 2.22. The zero-order chi connectivity index (χ0) is 20.2. The smallest absolute Gasteiger partial charge is 0.274 e. The van der Waals surface area contributed by atoms with Gasteiger partial charge >= 0.3 is 0 Å². The zero-order valence-corrected chi connectivity index (χ0v) is 16.7. The van der Waals surface area contributed by atoms with Crippen LogP contribution in [0.3, 0.4) is 0 Å². The van der Waals surface area contributed by atoms with Crippen LogP contribution in [0.4, 0.5) is 17.3 Å². The molecule has 1 N–H and O–H groups in total. The minimum Gasteiger partial charge on any atom is -0.372 e. The normalized spacial score (nSPS) is 16.8. The van der Waals surface area contributed by atoms with Gasteiger partial charge in [0.15, 0.2) is 0 Å². The molecule has 2 aliphatic rings. The number of aromatic nitrogens is 2. The molecule has 0 radical (unpaired) electrons. The third-order valence-electron chi connectivity index (χ3n) is 5.48. The maximum atomic E-state index is 12.6. The lowest BCUT2D eigenvalue weighted by molar-refractivity contribution is -0.129. The van der Waals surface area contributed by atoms with Gasteiger partial charge in [-0.2, -0.15) is 0 Å². The minimum absolute atomic E-state index is 0.0782. The van der Waals surface area contributed by atoms with E-state index in [4.69, 9.17) is 0 Å². The second kappa shape index (κ2) is 8.46. The fourth-order valence-electron chi connectivity index (χ4n) is 3.77. The molecular formula is C21H26N6O2. The van der Waals surface area contributed by atoms with Gasteiger partial charge in [-0.15, -0.1) is 0 Å². The molecule has 1 aromatic carbocycles. The molecule has 0 aliphatic carbocycles. The quantitative estimate of drug-likeness (QED) is 0.854. The molecule has 2 saturated heterocycles. The van der Waals surface area contributed by atoms with Crippen molar-refractivity contribution in [1.82, 2.24) is 14.9 Å². The lowest BCUT2D eigenvalue weighted by Gasteiger charge is -2.34. The van der Waals surface area contributed by atoms with Crippen LogP contribution >= 0.6 is 0 Å². The molecule has 2 aromatic rings. The molecule has 2 amide bonds. The Morgan fingerprint density at radius 3 is 2.24 bits per heavy atom. The van der Waals surface area contributed by atoms with Crippen molar-refractivity contribution < 1.29 is 9.59 Å². The van der Waals surface area contributed by atoms with E-state index < -0.39 is 0 Å². The largest absolute Gasteiger partial charge is 0.372 e. The number of rotatable bonds is 4. The number of anilines is 3. The van der Waals surface area contributed by atoms with Crippen molar-refractivity contribution in [3.05, 3.63) is 42.2 Å². The summed E-state index contributed by atoms with van der Waals surface area (Å²) in [4.78, 5) is 39.0. The van der Waals surface area contributed by atoms with Crippen molar-refractivity contribution in [2.24, 2.45) is 0 Å². The van der Waals surface area contributed by atoms with Gasteiger partial charge in [0, 0.05) is 63.8 Å². The molecule has 0 unspecified atom stereocenters. The maximum Gasteiger partial charge on any atom is 0.274 e. The first-order chi connectivity index (χ1) is 14.1. The van der Waals surface area contributed by atoms with Gasteiger partial charge in [0.2, 0.25) is 11.9 Å². The summed E-state index contributed by atoms with van der Waals surface area (Å²) in [5, 5.41) is 2.91. The monoisotopic (exact) mass is 394 g/mol. The highest BCUT2D eigenvalue weighted by atomic mass is 16.2. The first-order valence-corrected chi connectivity index (χ1v) is 10.1. The lowest BCUT2D eigenvalue weighted by Crippen LogP contribution is -2.48. The Kier molecular flexibility index (Phi) is 5.59. The fourth-order valence-corrected chi connectivity index (χ4v) is 3.77. The average molecular weight is 394 g/mol. The molecule has 2 aliphatic heterocycles. The molecule has 3 heterocycles. The van der Waals surface area contributed by atoms with Gasteiger partial charge in [-0.3, -0.25) is 9.59 Å². The highest BCUT2D eigenvalue weighted by Gasteiger charge is 2.21. The van der Waals surface area contributed by atoms with E-state index in [1.54, 1.807) is 24.1 Å². The summed E-state index contributed by atoms with van der Waals surface area (Å²) in [6.45, 7) is 6.35. The number of benzene rings is 1. The topological polar surface area (TPSA) is 81.7 Å². The van der Waals surface area contributed by atoms with E-state index in [0.29, 0.717) is 37.8 Å². The molecule has 8 nitrogen and oxygen atoms in total. The Bertz CT molecular complexity index is 871. The summed E-state index contributed by atoms with van der Waals surface area (Å²) >= 11 is 0. The third kappa shape index (κ3) is 4.47. The molecule has 0 saturated carbocycles. The van der Waals surface area contributed by atoms with E-state index in [-0.39, 0.29) is 11.8 Å². The second-order valence-electron chi connectivity index (χ2n) is 7.43. The Labute approximate surface area is 170 Å². The van der Waals surface area contributed by atoms with Crippen molar-refractivity contribution in [1.29, 1.82) is 0 Å². The SMILES string of the molecule is CC(=O)N1CCN(c2nccc(C(=O)Nc3ccc(N4CCCC4)cc3)n2)CC1. The van der Waals surface area contributed by atoms with Crippen LogP contribution in [0.25, 0.3) is 0 Å². The van der Waals surface area contributed by atoms with Gasteiger partial charge in [0.1, 0.15) is 5.69 Å². The Morgan fingerprint density at radius 1 is 0.897 bits per heavy atom. The lowest BCUT2D eigenvalue weighted by atomic mass is 10.2. The molecule has 0 spiro atoms. The number of nitrogens with one attached hydrogen (secondary N) is 1. The number of piperazine rings is 1. The van der Waals surface area contributed by atoms with Crippen molar-refractivity contribution in [3.8, 4) is 0 Å². The van der Waals surface area contributed by atoms with E-state index >= 15 is 0 Å². The van der Waals surface area contributed by atoms with Crippen LogP contribution in [0.5, 0.6) is 0 Å².